The van der Waals surface area contributed by atoms with Crippen molar-refractivity contribution >= 4 is 17.3 Å². The molecule has 3 rings (SSSR count). The Bertz CT molecular complexity index is 796. The van der Waals surface area contributed by atoms with Crippen LogP contribution in [0.2, 0.25) is 0 Å². The van der Waals surface area contributed by atoms with Gasteiger partial charge in [0.25, 0.3) is 0 Å². The van der Waals surface area contributed by atoms with Gasteiger partial charge in [0.15, 0.2) is 5.78 Å². The first-order valence-electron chi connectivity index (χ1n) is 8.72. The highest BCUT2D eigenvalue weighted by atomic mass is 19.1. The summed E-state index contributed by atoms with van der Waals surface area (Å²) in [6.45, 7) is 5.17. The summed E-state index contributed by atoms with van der Waals surface area (Å²) < 4.78 is 13.1. The van der Waals surface area contributed by atoms with Gasteiger partial charge in [-0.15, -0.1) is 0 Å². The number of ketones is 1. The molecule has 0 bridgehead atoms. The number of anilines is 1. The molecule has 0 saturated carbocycles. The van der Waals surface area contributed by atoms with Crippen molar-refractivity contribution in [1.29, 1.82) is 0 Å². The molecule has 0 fully saturated rings. The third-order valence-corrected chi connectivity index (χ3v) is 4.75. The van der Waals surface area contributed by atoms with Crippen molar-refractivity contribution in [2.24, 2.45) is 4.99 Å². The Kier molecular flexibility index (Phi) is 5.27. The van der Waals surface area contributed by atoms with E-state index in [1.165, 1.54) is 17.7 Å². The van der Waals surface area contributed by atoms with E-state index in [2.05, 4.69) is 24.9 Å². The summed E-state index contributed by atoms with van der Waals surface area (Å²) >= 11 is 0. The van der Waals surface area contributed by atoms with Crippen LogP contribution < -0.4 is 4.90 Å². The molecule has 1 heterocycles. The van der Waals surface area contributed by atoms with Crippen LogP contribution in [0, 0.1) is 19.7 Å². The van der Waals surface area contributed by atoms with Gasteiger partial charge in [-0.25, -0.2) is 4.39 Å². The van der Waals surface area contributed by atoms with Crippen molar-refractivity contribution in [2.45, 2.75) is 33.1 Å². The number of benzene rings is 2. The maximum Gasteiger partial charge on any atom is 0.182 e. The van der Waals surface area contributed by atoms with Crippen molar-refractivity contribution in [3.63, 3.8) is 0 Å². The highest BCUT2D eigenvalue weighted by Crippen LogP contribution is 2.26. The fourth-order valence-electron chi connectivity index (χ4n) is 3.12. The molecule has 0 radical (unpaired) electrons. The van der Waals surface area contributed by atoms with Crippen LogP contribution in [-0.2, 0) is 0 Å². The number of aliphatic imine (C=N–C) groups is 1. The number of halogens is 1. The van der Waals surface area contributed by atoms with Crippen LogP contribution in [0.15, 0.2) is 47.5 Å². The lowest BCUT2D eigenvalue weighted by molar-refractivity contribution is 0.100. The Morgan fingerprint density at radius 3 is 2.56 bits per heavy atom. The fourth-order valence-corrected chi connectivity index (χ4v) is 3.12. The van der Waals surface area contributed by atoms with E-state index in [1.807, 2.05) is 17.0 Å². The lowest BCUT2D eigenvalue weighted by Crippen LogP contribution is -2.37. The second kappa shape index (κ2) is 7.60. The van der Waals surface area contributed by atoms with Crippen molar-refractivity contribution in [1.82, 2.24) is 0 Å². The van der Waals surface area contributed by atoms with Crippen LogP contribution in [0.1, 0.15) is 40.7 Å². The minimum atomic E-state index is -0.334. The molecule has 0 unspecified atom stereocenters. The Labute approximate surface area is 148 Å². The molecule has 1 aliphatic rings. The molecule has 2 aromatic rings. The number of hydrogen-bond acceptors (Lipinski definition) is 3. The second-order valence-corrected chi connectivity index (χ2v) is 6.49. The van der Waals surface area contributed by atoms with Crippen LogP contribution in [0.25, 0.3) is 0 Å². The lowest BCUT2D eigenvalue weighted by Gasteiger charge is -2.29. The molecule has 2 aromatic carbocycles. The van der Waals surface area contributed by atoms with Gasteiger partial charge in [-0.1, -0.05) is 12.1 Å². The van der Waals surface area contributed by atoms with E-state index in [4.69, 9.17) is 0 Å². The molecule has 3 nitrogen and oxygen atoms in total. The first kappa shape index (κ1) is 17.3. The molecule has 4 heteroatoms. The van der Waals surface area contributed by atoms with E-state index >= 15 is 0 Å². The second-order valence-electron chi connectivity index (χ2n) is 6.49. The number of amidine groups is 1. The molecule has 1 aliphatic heterocycles. The zero-order chi connectivity index (χ0) is 17.8. The van der Waals surface area contributed by atoms with Gasteiger partial charge in [-0.05, 0) is 68.1 Å². The highest BCUT2D eigenvalue weighted by molar-refractivity contribution is 6.07. The zero-order valence-electron chi connectivity index (χ0n) is 14.8. The average Bonchev–Trinajstić information content (AvgIpc) is 2.63. The Balaban J connectivity index is 1.94. The lowest BCUT2D eigenvalue weighted by atomic mass is 10.0. The van der Waals surface area contributed by atoms with Gasteiger partial charge in [0.2, 0.25) is 0 Å². The molecule has 0 saturated heterocycles. The first-order chi connectivity index (χ1) is 12.1. The molecule has 0 aromatic heterocycles. The van der Waals surface area contributed by atoms with Gasteiger partial charge < -0.3 is 4.90 Å². The topological polar surface area (TPSA) is 32.7 Å². The Hall–Kier alpha value is -2.49. The minimum Gasteiger partial charge on any atom is -0.322 e. The maximum atomic E-state index is 13.1. The summed E-state index contributed by atoms with van der Waals surface area (Å²) in [5, 5.41) is 0. The van der Waals surface area contributed by atoms with E-state index in [0.29, 0.717) is 5.56 Å². The number of rotatable bonds is 4. The number of carbonyl (C=O) groups is 1. The smallest absolute Gasteiger partial charge is 0.182 e. The zero-order valence-corrected chi connectivity index (χ0v) is 14.8. The standard InChI is InChI=1S/C21H23FN2O/c1-15-6-5-7-19(16(15)2)24(21-8-3-4-13-23-21)14-20(25)17-9-11-18(22)12-10-17/h5-7,9-12H,3-4,8,13-14H2,1-2H3. The van der Waals surface area contributed by atoms with E-state index in [0.717, 1.165) is 42.9 Å². The van der Waals surface area contributed by atoms with Gasteiger partial charge >= 0.3 is 0 Å². The summed E-state index contributed by atoms with van der Waals surface area (Å²) in [7, 11) is 0. The van der Waals surface area contributed by atoms with Crippen LogP contribution in [-0.4, -0.2) is 24.7 Å². The third-order valence-electron chi connectivity index (χ3n) is 4.75. The largest absolute Gasteiger partial charge is 0.322 e. The van der Waals surface area contributed by atoms with Gasteiger partial charge in [-0.2, -0.15) is 0 Å². The molecular weight excluding hydrogens is 315 g/mol. The fraction of sp³-hybridized carbons (Fsp3) is 0.333. The van der Waals surface area contributed by atoms with Crippen LogP contribution in [0.5, 0.6) is 0 Å². The molecule has 0 atom stereocenters. The third kappa shape index (κ3) is 3.95. The van der Waals surface area contributed by atoms with E-state index in [1.54, 1.807) is 12.1 Å². The molecule has 0 aliphatic carbocycles. The quantitative estimate of drug-likeness (QED) is 0.756. The monoisotopic (exact) mass is 338 g/mol. The normalized spacial score (nSPS) is 14.1. The molecule has 130 valence electrons. The van der Waals surface area contributed by atoms with Crippen molar-refractivity contribution in [3.05, 3.63) is 65.0 Å². The van der Waals surface area contributed by atoms with E-state index < -0.39 is 0 Å². The number of hydrogen-bond donors (Lipinski definition) is 0. The summed E-state index contributed by atoms with van der Waals surface area (Å²) in [5.74, 6) is 0.601. The predicted octanol–water partition coefficient (Wildman–Crippen LogP) is 4.71. The van der Waals surface area contributed by atoms with Gasteiger partial charge in [0, 0.05) is 24.2 Å². The number of aryl methyl sites for hydroxylation is 1. The SMILES string of the molecule is Cc1cccc(N(CC(=O)c2ccc(F)cc2)C2=NCCCC2)c1C. The van der Waals surface area contributed by atoms with Gasteiger partial charge in [-0.3, -0.25) is 9.79 Å². The summed E-state index contributed by atoms with van der Waals surface area (Å²) in [4.78, 5) is 19.5. The number of Topliss-reactive ketones (excluding diaryl/α,β-unsaturated/α-hetero) is 1. The molecule has 0 spiro atoms. The summed E-state index contributed by atoms with van der Waals surface area (Å²) in [6, 6.07) is 11.9. The van der Waals surface area contributed by atoms with Gasteiger partial charge in [0.05, 0.1) is 6.54 Å². The minimum absolute atomic E-state index is 0.0332. The number of nitrogens with zero attached hydrogens (tertiary/aromatic N) is 2. The highest BCUT2D eigenvalue weighted by Gasteiger charge is 2.21. The summed E-state index contributed by atoms with van der Waals surface area (Å²) in [5.41, 5.74) is 3.89. The predicted molar refractivity (Wildman–Crippen MR) is 100 cm³/mol. The maximum absolute atomic E-state index is 13.1. The van der Waals surface area contributed by atoms with E-state index in [-0.39, 0.29) is 18.1 Å². The molecule has 25 heavy (non-hydrogen) atoms. The molecule has 0 amide bonds. The Morgan fingerprint density at radius 1 is 1.12 bits per heavy atom. The number of carbonyl (C=O) groups excluding carboxylic acids is 1. The Morgan fingerprint density at radius 2 is 1.88 bits per heavy atom. The first-order valence-corrected chi connectivity index (χ1v) is 8.72. The molecule has 0 N–H and O–H groups in total. The van der Waals surface area contributed by atoms with Crippen LogP contribution in [0.3, 0.4) is 0 Å². The van der Waals surface area contributed by atoms with Crippen molar-refractivity contribution in [3.8, 4) is 0 Å². The summed E-state index contributed by atoms with van der Waals surface area (Å²) in [6.07, 6.45) is 3.06. The van der Waals surface area contributed by atoms with Crippen LogP contribution in [0.4, 0.5) is 10.1 Å². The average molecular weight is 338 g/mol. The van der Waals surface area contributed by atoms with E-state index in [9.17, 15) is 9.18 Å². The van der Waals surface area contributed by atoms with Crippen molar-refractivity contribution in [2.75, 3.05) is 18.0 Å². The van der Waals surface area contributed by atoms with Crippen LogP contribution >= 0.6 is 0 Å². The van der Waals surface area contributed by atoms with Gasteiger partial charge in [0.1, 0.15) is 11.7 Å². The van der Waals surface area contributed by atoms with Crippen molar-refractivity contribution < 1.29 is 9.18 Å². The molecular formula is C21H23FN2O.